The summed E-state index contributed by atoms with van der Waals surface area (Å²) in [6.07, 6.45) is 0. The molecule has 2 aromatic carbocycles. The van der Waals surface area contributed by atoms with Crippen molar-refractivity contribution < 1.29 is 14.3 Å². The number of carbonyl (C=O) groups excluding carboxylic acids is 1. The van der Waals surface area contributed by atoms with Gasteiger partial charge in [0.25, 0.3) is 5.91 Å². The van der Waals surface area contributed by atoms with Gasteiger partial charge in [-0.25, -0.2) is 4.98 Å². The third-order valence-corrected chi connectivity index (χ3v) is 4.32. The molecule has 120 valence electrons. The first-order valence-electron chi connectivity index (χ1n) is 6.98. The molecule has 0 bridgehead atoms. The molecular weight excluding hydrogens is 326 g/mol. The molecule has 0 radical (unpaired) electrons. The molecule has 1 aromatic heterocycles. The van der Waals surface area contributed by atoms with E-state index in [0.717, 1.165) is 4.70 Å². The van der Waals surface area contributed by atoms with Crippen LogP contribution in [0, 0.1) is 11.3 Å². The van der Waals surface area contributed by atoms with Crippen molar-refractivity contribution in [2.75, 3.05) is 19.5 Å². The van der Waals surface area contributed by atoms with Gasteiger partial charge in [-0.05, 0) is 24.3 Å². The monoisotopic (exact) mass is 339 g/mol. The van der Waals surface area contributed by atoms with Crippen LogP contribution in [-0.2, 0) is 0 Å². The van der Waals surface area contributed by atoms with Crippen molar-refractivity contribution in [3.05, 3.63) is 47.5 Å². The third-order valence-electron chi connectivity index (χ3n) is 3.39. The van der Waals surface area contributed by atoms with Crippen molar-refractivity contribution in [3.8, 4) is 17.6 Å². The van der Waals surface area contributed by atoms with Gasteiger partial charge in [-0.1, -0.05) is 11.3 Å². The number of nitriles is 1. The maximum atomic E-state index is 12.3. The topological polar surface area (TPSA) is 84.2 Å². The zero-order valence-corrected chi connectivity index (χ0v) is 13.8. The van der Waals surface area contributed by atoms with E-state index in [-0.39, 0.29) is 5.91 Å². The minimum absolute atomic E-state index is 0.280. The predicted molar refractivity (Wildman–Crippen MR) is 91.8 cm³/mol. The number of hydrogen-bond donors (Lipinski definition) is 1. The first-order valence-corrected chi connectivity index (χ1v) is 7.80. The van der Waals surface area contributed by atoms with Crippen LogP contribution in [0.1, 0.15) is 15.9 Å². The van der Waals surface area contributed by atoms with Crippen LogP contribution in [0.3, 0.4) is 0 Å². The van der Waals surface area contributed by atoms with Gasteiger partial charge in [-0.15, -0.1) is 0 Å². The first kappa shape index (κ1) is 15.8. The molecule has 1 N–H and O–H groups in total. The molecular formula is C17H13N3O3S. The zero-order valence-electron chi connectivity index (χ0n) is 13.0. The number of fused-ring (bicyclic) bond motifs is 1. The average Bonchev–Trinajstić information content (AvgIpc) is 3.01. The molecule has 0 aliphatic heterocycles. The van der Waals surface area contributed by atoms with E-state index in [1.54, 1.807) is 44.6 Å². The van der Waals surface area contributed by atoms with Crippen molar-refractivity contribution in [1.82, 2.24) is 4.98 Å². The molecule has 0 spiro atoms. The van der Waals surface area contributed by atoms with E-state index in [9.17, 15) is 4.79 Å². The molecule has 6 nitrogen and oxygen atoms in total. The van der Waals surface area contributed by atoms with Gasteiger partial charge in [0.05, 0.1) is 36.1 Å². The van der Waals surface area contributed by atoms with E-state index in [4.69, 9.17) is 14.7 Å². The van der Waals surface area contributed by atoms with E-state index < -0.39 is 0 Å². The molecule has 0 aliphatic rings. The Morgan fingerprint density at radius 3 is 2.46 bits per heavy atom. The van der Waals surface area contributed by atoms with Gasteiger partial charge in [0, 0.05) is 17.7 Å². The molecule has 7 heteroatoms. The summed E-state index contributed by atoms with van der Waals surface area (Å²) in [5, 5.41) is 12.0. The number of hydrogen-bond acceptors (Lipinski definition) is 6. The van der Waals surface area contributed by atoms with Crippen molar-refractivity contribution in [3.63, 3.8) is 0 Å². The predicted octanol–water partition coefficient (Wildman–Crippen LogP) is 3.44. The molecule has 0 saturated heterocycles. The molecule has 0 fully saturated rings. The van der Waals surface area contributed by atoms with Gasteiger partial charge in [0.15, 0.2) is 16.6 Å². The zero-order chi connectivity index (χ0) is 17.1. The fraction of sp³-hybridized carbons (Fsp3) is 0.118. The Morgan fingerprint density at radius 1 is 1.17 bits per heavy atom. The van der Waals surface area contributed by atoms with Crippen LogP contribution < -0.4 is 14.8 Å². The maximum Gasteiger partial charge on any atom is 0.257 e. The highest BCUT2D eigenvalue weighted by molar-refractivity contribution is 7.22. The van der Waals surface area contributed by atoms with E-state index in [1.807, 2.05) is 12.1 Å². The molecule has 3 rings (SSSR count). The SMILES string of the molecule is COc1cc2nc(NC(=O)c3ccc(C#N)cc3)sc2cc1OC. The van der Waals surface area contributed by atoms with Crippen LogP contribution in [0.25, 0.3) is 10.2 Å². The summed E-state index contributed by atoms with van der Waals surface area (Å²) in [4.78, 5) is 16.7. The second kappa shape index (κ2) is 6.56. The number of nitrogens with one attached hydrogen (secondary N) is 1. The van der Waals surface area contributed by atoms with Crippen molar-refractivity contribution in [2.24, 2.45) is 0 Å². The number of rotatable bonds is 4. The Labute approximate surface area is 142 Å². The number of anilines is 1. The summed E-state index contributed by atoms with van der Waals surface area (Å²) < 4.78 is 11.4. The summed E-state index contributed by atoms with van der Waals surface area (Å²) in [6, 6.07) is 12.0. The Hall–Kier alpha value is -3.11. The summed E-state index contributed by atoms with van der Waals surface area (Å²) in [5.74, 6) is 0.913. The van der Waals surface area contributed by atoms with E-state index in [0.29, 0.717) is 33.3 Å². The number of nitrogens with zero attached hydrogens (tertiary/aromatic N) is 2. The number of aromatic nitrogens is 1. The molecule has 0 aliphatic carbocycles. The minimum atomic E-state index is -0.280. The average molecular weight is 339 g/mol. The summed E-state index contributed by atoms with van der Waals surface area (Å²) in [7, 11) is 3.13. The van der Waals surface area contributed by atoms with E-state index >= 15 is 0 Å². The van der Waals surface area contributed by atoms with Crippen LogP contribution >= 0.6 is 11.3 Å². The summed E-state index contributed by atoms with van der Waals surface area (Å²) in [5.41, 5.74) is 1.68. The lowest BCUT2D eigenvalue weighted by molar-refractivity contribution is 0.102. The highest BCUT2D eigenvalue weighted by Crippen LogP contribution is 2.36. The second-order valence-electron chi connectivity index (χ2n) is 4.84. The molecule has 0 saturated carbocycles. The van der Waals surface area contributed by atoms with E-state index in [2.05, 4.69) is 10.3 Å². The molecule has 1 heterocycles. The molecule has 24 heavy (non-hydrogen) atoms. The number of ether oxygens (including phenoxy) is 2. The van der Waals surface area contributed by atoms with Crippen LogP contribution in [0.15, 0.2) is 36.4 Å². The molecule has 0 atom stereocenters. The number of benzene rings is 2. The first-order chi connectivity index (χ1) is 11.6. The highest BCUT2D eigenvalue weighted by atomic mass is 32.1. The Bertz CT molecular complexity index is 901. The van der Waals surface area contributed by atoms with E-state index in [1.165, 1.54) is 11.3 Å². The normalized spacial score (nSPS) is 10.2. The van der Waals surface area contributed by atoms with Crippen LogP contribution in [-0.4, -0.2) is 25.1 Å². The minimum Gasteiger partial charge on any atom is -0.493 e. The van der Waals surface area contributed by atoms with Gasteiger partial charge >= 0.3 is 0 Å². The fourth-order valence-corrected chi connectivity index (χ4v) is 3.05. The van der Waals surface area contributed by atoms with Crippen LogP contribution in [0.2, 0.25) is 0 Å². The van der Waals surface area contributed by atoms with Gasteiger partial charge in [0.2, 0.25) is 0 Å². The van der Waals surface area contributed by atoms with Crippen LogP contribution in [0.5, 0.6) is 11.5 Å². The van der Waals surface area contributed by atoms with Gasteiger partial charge in [-0.3, -0.25) is 10.1 Å². The Morgan fingerprint density at radius 2 is 1.83 bits per heavy atom. The molecule has 0 unspecified atom stereocenters. The summed E-state index contributed by atoms with van der Waals surface area (Å²) >= 11 is 1.35. The highest BCUT2D eigenvalue weighted by Gasteiger charge is 2.13. The van der Waals surface area contributed by atoms with Crippen molar-refractivity contribution >= 4 is 32.6 Å². The fourth-order valence-electron chi connectivity index (χ4n) is 2.17. The second-order valence-corrected chi connectivity index (χ2v) is 5.87. The maximum absolute atomic E-state index is 12.3. The largest absolute Gasteiger partial charge is 0.493 e. The van der Waals surface area contributed by atoms with Gasteiger partial charge < -0.3 is 9.47 Å². The lowest BCUT2D eigenvalue weighted by atomic mass is 10.1. The quantitative estimate of drug-likeness (QED) is 0.787. The number of thiazole rings is 1. The lowest BCUT2D eigenvalue weighted by Crippen LogP contribution is -2.11. The number of amides is 1. The van der Waals surface area contributed by atoms with Gasteiger partial charge in [-0.2, -0.15) is 5.26 Å². The Kier molecular flexibility index (Phi) is 4.31. The molecule has 3 aromatic rings. The third kappa shape index (κ3) is 3.00. The Balaban J connectivity index is 1.86. The standard InChI is InChI=1S/C17H13N3O3S/c1-22-13-7-12-15(8-14(13)23-2)24-17(19-12)20-16(21)11-5-3-10(9-18)4-6-11/h3-8H,1-2H3,(H,19,20,21). The van der Waals surface area contributed by atoms with Crippen molar-refractivity contribution in [1.29, 1.82) is 5.26 Å². The van der Waals surface area contributed by atoms with Gasteiger partial charge in [0.1, 0.15) is 0 Å². The van der Waals surface area contributed by atoms with Crippen molar-refractivity contribution in [2.45, 2.75) is 0 Å². The van der Waals surface area contributed by atoms with Crippen LogP contribution in [0.4, 0.5) is 5.13 Å². The number of carbonyl (C=O) groups is 1. The smallest absolute Gasteiger partial charge is 0.257 e. The molecule has 1 amide bonds. The lowest BCUT2D eigenvalue weighted by Gasteiger charge is -2.05. The number of methoxy groups -OCH3 is 2. The summed E-state index contributed by atoms with van der Waals surface area (Å²) in [6.45, 7) is 0.